The second-order valence-corrected chi connectivity index (χ2v) is 5.74. The molecule has 6 heteroatoms. The van der Waals surface area contributed by atoms with E-state index in [9.17, 15) is 9.59 Å². The van der Waals surface area contributed by atoms with Crippen LogP contribution in [0.2, 0.25) is 0 Å². The lowest BCUT2D eigenvalue weighted by Crippen LogP contribution is -2.49. The van der Waals surface area contributed by atoms with Crippen LogP contribution in [0.5, 0.6) is 0 Å². The maximum Gasteiger partial charge on any atom is 0.223 e. The predicted octanol–water partition coefficient (Wildman–Crippen LogP) is 1.79. The van der Waals surface area contributed by atoms with E-state index in [0.29, 0.717) is 18.7 Å². The van der Waals surface area contributed by atoms with Crippen molar-refractivity contribution in [2.45, 2.75) is 12.8 Å². The Morgan fingerprint density at radius 2 is 1.67 bits per heavy atom. The van der Waals surface area contributed by atoms with Crippen LogP contribution in [0, 0.1) is 0 Å². The molecule has 24 heavy (non-hydrogen) atoms. The van der Waals surface area contributed by atoms with Gasteiger partial charge in [-0.1, -0.05) is 30.3 Å². The number of hydrogen-bond donors (Lipinski definition) is 0. The molecular weight excluding hydrogens is 304 g/mol. The second kappa shape index (κ2) is 7.68. The summed E-state index contributed by atoms with van der Waals surface area (Å²) in [6.07, 6.45) is 2.17. The molecule has 1 aliphatic rings. The molecule has 1 aromatic carbocycles. The van der Waals surface area contributed by atoms with E-state index in [1.165, 1.54) is 0 Å². The van der Waals surface area contributed by atoms with Crippen molar-refractivity contribution in [3.63, 3.8) is 0 Å². The molecule has 0 aliphatic carbocycles. The normalized spacial score (nSPS) is 14.5. The fourth-order valence-corrected chi connectivity index (χ4v) is 2.79. The number of carbonyl (C=O) groups is 2. The number of Topliss-reactive ketones (excluding diaryl/α,β-unsaturated/α-hetero) is 1. The van der Waals surface area contributed by atoms with Crippen molar-refractivity contribution in [1.29, 1.82) is 0 Å². The lowest BCUT2D eigenvalue weighted by atomic mass is 10.1. The van der Waals surface area contributed by atoms with Gasteiger partial charge in [-0.15, -0.1) is 5.10 Å². The van der Waals surface area contributed by atoms with Gasteiger partial charge < -0.3 is 9.80 Å². The van der Waals surface area contributed by atoms with Gasteiger partial charge in [-0.05, 0) is 12.1 Å². The van der Waals surface area contributed by atoms with Crippen LogP contribution in [0.1, 0.15) is 23.2 Å². The highest BCUT2D eigenvalue weighted by atomic mass is 16.2. The highest BCUT2D eigenvalue weighted by Gasteiger charge is 2.22. The monoisotopic (exact) mass is 324 g/mol. The number of amides is 1. The maximum atomic E-state index is 12.3. The summed E-state index contributed by atoms with van der Waals surface area (Å²) in [5.41, 5.74) is 0.665. The van der Waals surface area contributed by atoms with E-state index in [4.69, 9.17) is 0 Å². The molecular formula is C18H20N4O2. The van der Waals surface area contributed by atoms with E-state index in [0.717, 1.165) is 18.9 Å². The van der Waals surface area contributed by atoms with Crippen molar-refractivity contribution in [1.82, 2.24) is 15.1 Å². The first-order chi connectivity index (χ1) is 11.7. The standard InChI is InChI=1S/C18H20N4O2/c23-16(15-5-2-1-3-6-15)8-9-18(24)22-13-11-21(12-14-22)17-7-4-10-19-20-17/h1-7,10H,8-9,11-14H2. The predicted molar refractivity (Wildman–Crippen MR) is 90.8 cm³/mol. The Labute approximate surface area is 141 Å². The van der Waals surface area contributed by atoms with Gasteiger partial charge in [-0.2, -0.15) is 5.10 Å². The molecule has 6 nitrogen and oxygen atoms in total. The van der Waals surface area contributed by atoms with Crippen molar-refractivity contribution < 1.29 is 9.59 Å². The topological polar surface area (TPSA) is 66.4 Å². The molecule has 0 radical (unpaired) electrons. The summed E-state index contributed by atoms with van der Waals surface area (Å²) in [5.74, 6) is 0.893. The molecule has 0 bridgehead atoms. The number of benzene rings is 1. The Kier molecular flexibility index (Phi) is 5.15. The molecule has 1 fully saturated rings. The summed E-state index contributed by atoms with van der Waals surface area (Å²) in [7, 11) is 0. The number of carbonyl (C=O) groups excluding carboxylic acids is 2. The quantitative estimate of drug-likeness (QED) is 0.785. The first-order valence-electron chi connectivity index (χ1n) is 8.13. The molecule has 1 aliphatic heterocycles. The van der Waals surface area contributed by atoms with Gasteiger partial charge in [0.05, 0.1) is 0 Å². The lowest BCUT2D eigenvalue weighted by molar-refractivity contribution is -0.131. The van der Waals surface area contributed by atoms with Crippen molar-refractivity contribution >= 4 is 17.5 Å². The van der Waals surface area contributed by atoms with Crippen LogP contribution < -0.4 is 4.90 Å². The van der Waals surface area contributed by atoms with Gasteiger partial charge in [0.1, 0.15) is 0 Å². The third kappa shape index (κ3) is 3.95. The maximum absolute atomic E-state index is 12.3. The first-order valence-corrected chi connectivity index (χ1v) is 8.13. The number of rotatable bonds is 5. The smallest absolute Gasteiger partial charge is 0.223 e. The zero-order valence-electron chi connectivity index (χ0n) is 13.5. The van der Waals surface area contributed by atoms with Gasteiger partial charge in [0.25, 0.3) is 0 Å². The van der Waals surface area contributed by atoms with Gasteiger partial charge in [0.15, 0.2) is 11.6 Å². The molecule has 1 amide bonds. The van der Waals surface area contributed by atoms with Gasteiger partial charge in [-0.25, -0.2) is 0 Å². The third-order valence-electron chi connectivity index (χ3n) is 4.18. The number of anilines is 1. The molecule has 2 heterocycles. The van der Waals surface area contributed by atoms with Gasteiger partial charge in [-0.3, -0.25) is 9.59 Å². The van der Waals surface area contributed by atoms with Gasteiger partial charge >= 0.3 is 0 Å². The Bertz CT molecular complexity index is 683. The molecule has 0 N–H and O–H groups in total. The van der Waals surface area contributed by atoms with E-state index in [1.807, 2.05) is 35.2 Å². The minimum absolute atomic E-state index is 0.0159. The third-order valence-corrected chi connectivity index (χ3v) is 4.18. The Morgan fingerprint density at radius 3 is 2.33 bits per heavy atom. The molecule has 124 valence electrons. The summed E-state index contributed by atoms with van der Waals surface area (Å²) >= 11 is 0. The molecule has 0 saturated carbocycles. The van der Waals surface area contributed by atoms with Crippen molar-refractivity contribution in [3.8, 4) is 0 Å². The molecule has 3 rings (SSSR count). The molecule has 0 atom stereocenters. The summed E-state index contributed by atoms with van der Waals surface area (Å²) < 4.78 is 0. The summed E-state index contributed by atoms with van der Waals surface area (Å²) in [5, 5.41) is 7.98. The minimum Gasteiger partial charge on any atom is -0.352 e. The molecule has 1 saturated heterocycles. The Balaban J connectivity index is 1.46. The van der Waals surface area contributed by atoms with E-state index >= 15 is 0 Å². The van der Waals surface area contributed by atoms with Crippen molar-refractivity contribution in [3.05, 3.63) is 54.2 Å². The van der Waals surface area contributed by atoms with E-state index in [2.05, 4.69) is 15.1 Å². The zero-order chi connectivity index (χ0) is 16.8. The highest BCUT2D eigenvalue weighted by molar-refractivity contribution is 5.97. The first kappa shape index (κ1) is 16.1. The number of nitrogens with zero attached hydrogens (tertiary/aromatic N) is 4. The average Bonchev–Trinajstić information content (AvgIpc) is 2.67. The SMILES string of the molecule is O=C(CCC(=O)N1CCN(c2cccnn2)CC1)c1ccccc1. The van der Waals surface area contributed by atoms with Crippen LogP contribution in [-0.2, 0) is 4.79 Å². The average molecular weight is 324 g/mol. The van der Waals surface area contributed by atoms with Gasteiger partial charge in [0.2, 0.25) is 5.91 Å². The number of piperazine rings is 1. The Hall–Kier alpha value is -2.76. The lowest BCUT2D eigenvalue weighted by Gasteiger charge is -2.35. The summed E-state index contributed by atoms with van der Waals surface area (Å²) in [4.78, 5) is 28.3. The minimum atomic E-state index is 0.0159. The molecule has 0 spiro atoms. The van der Waals surface area contributed by atoms with Crippen molar-refractivity contribution in [2.24, 2.45) is 0 Å². The van der Waals surface area contributed by atoms with E-state index in [-0.39, 0.29) is 24.5 Å². The zero-order valence-corrected chi connectivity index (χ0v) is 13.5. The fraction of sp³-hybridized carbons (Fsp3) is 0.333. The van der Waals surface area contributed by atoms with Crippen LogP contribution in [0.3, 0.4) is 0 Å². The van der Waals surface area contributed by atoms with Gasteiger partial charge in [0, 0.05) is 50.8 Å². The summed E-state index contributed by atoms with van der Waals surface area (Å²) in [6, 6.07) is 12.9. The van der Waals surface area contributed by atoms with Crippen LogP contribution in [-0.4, -0.2) is 53.0 Å². The summed E-state index contributed by atoms with van der Waals surface area (Å²) in [6.45, 7) is 2.76. The van der Waals surface area contributed by atoms with E-state index in [1.54, 1.807) is 18.3 Å². The molecule has 1 aromatic heterocycles. The second-order valence-electron chi connectivity index (χ2n) is 5.74. The highest BCUT2D eigenvalue weighted by Crippen LogP contribution is 2.13. The van der Waals surface area contributed by atoms with Crippen molar-refractivity contribution in [2.75, 3.05) is 31.1 Å². The molecule has 2 aromatic rings. The van der Waals surface area contributed by atoms with Crippen LogP contribution >= 0.6 is 0 Å². The number of ketones is 1. The van der Waals surface area contributed by atoms with E-state index < -0.39 is 0 Å². The largest absolute Gasteiger partial charge is 0.352 e. The van der Waals surface area contributed by atoms with Crippen LogP contribution in [0.25, 0.3) is 0 Å². The fourth-order valence-electron chi connectivity index (χ4n) is 2.79. The number of aromatic nitrogens is 2. The molecule has 0 unspecified atom stereocenters. The Morgan fingerprint density at radius 1 is 0.917 bits per heavy atom. The van der Waals surface area contributed by atoms with Crippen LogP contribution in [0.15, 0.2) is 48.7 Å². The van der Waals surface area contributed by atoms with Crippen LogP contribution in [0.4, 0.5) is 5.82 Å². The number of hydrogen-bond acceptors (Lipinski definition) is 5.